The van der Waals surface area contributed by atoms with E-state index in [0.717, 1.165) is 18.7 Å². The maximum Gasteiger partial charge on any atom is 0.122 e. The number of para-hydroxylation sites is 1. The van der Waals surface area contributed by atoms with Crippen molar-refractivity contribution < 1.29 is 4.74 Å². The minimum absolute atomic E-state index is 0.563. The Morgan fingerprint density at radius 1 is 1.24 bits per heavy atom. The van der Waals surface area contributed by atoms with Crippen molar-refractivity contribution in [1.82, 2.24) is 4.90 Å². The van der Waals surface area contributed by atoms with Gasteiger partial charge in [0.15, 0.2) is 0 Å². The molecule has 2 heteroatoms. The third kappa shape index (κ3) is 3.74. The van der Waals surface area contributed by atoms with Gasteiger partial charge in [-0.2, -0.15) is 0 Å². The first-order valence-corrected chi connectivity index (χ1v) is 6.37. The molecule has 1 rings (SSSR count). The highest BCUT2D eigenvalue weighted by atomic mass is 16.5. The predicted molar refractivity (Wildman–Crippen MR) is 73.7 cm³/mol. The van der Waals surface area contributed by atoms with E-state index < -0.39 is 0 Å². The van der Waals surface area contributed by atoms with Gasteiger partial charge in [-0.25, -0.2) is 0 Å². The lowest BCUT2D eigenvalue weighted by Crippen LogP contribution is -2.24. The Morgan fingerprint density at radius 2 is 1.88 bits per heavy atom. The van der Waals surface area contributed by atoms with E-state index >= 15 is 0 Å². The topological polar surface area (TPSA) is 12.5 Å². The summed E-state index contributed by atoms with van der Waals surface area (Å²) in [5.74, 6) is 2.21. The number of methoxy groups -OCH3 is 1. The van der Waals surface area contributed by atoms with Gasteiger partial charge in [0.05, 0.1) is 7.11 Å². The smallest absolute Gasteiger partial charge is 0.122 e. The van der Waals surface area contributed by atoms with E-state index in [0.29, 0.717) is 11.8 Å². The molecule has 0 radical (unpaired) electrons. The van der Waals surface area contributed by atoms with Crippen LogP contribution >= 0.6 is 0 Å². The molecular formula is C15H25NO. The molecule has 0 N–H and O–H groups in total. The molecule has 0 aliphatic carbocycles. The second kappa shape index (κ2) is 6.65. The highest BCUT2D eigenvalue weighted by molar-refractivity contribution is 5.36. The summed E-state index contributed by atoms with van der Waals surface area (Å²) in [6.07, 6.45) is 1.15. The molecule has 0 spiro atoms. The second-order valence-corrected chi connectivity index (χ2v) is 5.00. The van der Waals surface area contributed by atoms with E-state index in [1.165, 1.54) is 5.56 Å². The van der Waals surface area contributed by atoms with E-state index in [2.05, 4.69) is 51.0 Å². The summed E-state index contributed by atoms with van der Waals surface area (Å²) in [5, 5.41) is 0. The number of benzene rings is 1. The number of hydrogen-bond acceptors (Lipinski definition) is 2. The summed E-state index contributed by atoms with van der Waals surface area (Å²) in [6.45, 7) is 5.68. The number of hydrogen-bond donors (Lipinski definition) is 0. The average molecular weight is 235 g/mol. The van der Waals surface area contributed by atoms with Crippen molar-refractivity contribution in [2.24, 2.45) is 5.92 Å². The fraction of sp³-hybridized carbons (Fsp3) is 0.600. The molecule has 2 atom stereocenters. The SMILES string of the molecule is CC[C@@H](c1ccccc1OC)[C@@H](C)CN(C)C. The van der Waals surface area contributed by atoms with Crippen molar-refractivity contribution in [3.63, 3.8) is 0 Å². The second-order valence-electron chi connectivity index (χ2n) is 5.00. The molecule has 0 aliphatic rings. The Morgan fingerprint density at radius 3 is 2.41 bits per heavy atom. The number of rotatable bonds is 6. The molecule has 0 heterocycles. The maximum atomic E-state index is 5.47. The Balaban J connectivity index is 2.92. The van der Waals surface area contributed by atoms with Crippen molar-refractivity contribution in [2.45, 2.75) is 26.2 Å². The van der Waals surface area contributed by atoms with Crippen LogP contribution in [0.1, 0.15) is 31.7 Å². The van der Waals surface area contributed by atoms with Crippen LogP contribution in [0.15, 0.2) is 24.3 Å². The molecule has 96 valence electrons. The highest BCUT2D eigenvalue weighted by Gasteiger charge is 2.20. The van der Waals surface area contributed by atoms with Gasteiger partial charge in [-0.05, 0) is 44.0 Å². The highest BCUT2D eigenvalue weighted by Crippen LogP contribution is 2.34. The van der Waals surface area contributed by atoms with Gasteiger partial charge >= 0.3 is 0 Å². The first-order chi connectivity index (χ1) is 8.10. The van der Waals surface area contributed by atoms with E-state index in [1.807, 2.05) is 6.07 Å². The molecule has 0 aliphatic heterocycles. The molecular weight excluding hydrogens is 210 g/mol. The molecule has 1 aromatic carbocycles. The van der Waals surface area contributed by atoms with Crippen LogP contribution in [0, 0.1) is 5.92 Å². The third-order valence-electron chi connectivity index (χ3n) is 3.32. The van der Waals surface area contributed by atoms with Crippen molar-refractivity contribution in [1.29, 1.82) is 0 Å². The molecule has 0 bridgehead atoms. The number of ether oxygens (including phenoxy) is 1. The van der Waals surface area contributed by atoms with E-state index in [9.17, 15) is 0 Å². The molecule has 2 nitrogen and oxygen atoms in total. The van der Waals surface area contributed by atoms with Crippen molar-refractivity contribution in [3.8, 4) is 5.75 Å². The number of nitrogens with zero attached hydrogens (tertiary/aromatic N) is 1. The van der Waals surface area contributed by atoms with E-state index in [-0.39, 0.29) is 0 Å². The molecule has 1 aromatic rings. The van der Waals surface area contributed by atoms with Crippen LogP contribution in [-0.2, 0) is 0 Å². The summed E-state index contributed by atoms with van der Waals surface area (Å²) in [7, 11) is 6.01. The van der Waals surface area contributed by atoms with Gasteiger partial charge in [-0.3, -0.25) is 0 Å². The largest absolute Gasteiger partial charge is 0.496 e. The van der Waals surface area contributed by atoms with Gasteiger partial charge in [-0.15, -0.1) is 0 Å². The lowest BCUT2D eigenvalue weighted by Gasteiger charge is -2.27. The third-order valence-corrected chi connectivity index (χ3v) is 3.32. The summed E-state index contributed by atoms with van der Waals surface area (Å²) >= 11 is 0. The maximum absolute atomic E-state index is 5.47. The van der Waals surface area contributed by atoms with Crippen molar-refractivity contribution in [2.75, 3.05) is 27.7 Å². The van der Waals surface area contributed by atoms with E-state index in [1.54, 1.807) is 7.11 Å². The van der Waals surface area contributed by atoms with Crippen LogP contribution in [0.2, 0.25) is 0 Å². The molecule has 0 unspecified atom stereocenters. The predicted octanol–water partition coefficient (Wildman–Crippen LogP) is 3.39. The molecule has 0 amide bonds. The normalized spacial score (nSPS) is 14.7. The van der Waals surface area contributed by atoms with Gasteiger partial charge in [0.2, 0.25) is 0 Å². The van der Waals surface area contributed by atoms with Crippen molar-refractivity contribution in [3.05, 3.63) is 29.8 Å². The zero-order valence-corrected chi connectivity index (χ0v) is 11.7. The molecule has 0 saturated heterocycles. The van der Waals surface area contributed by atoms with Gasteiger partial charge < -0.3 is 9.64 Å². The van der Waals surface area contributed by atoms with Gasteiger partial charge in [0.1, 0.15) is 5.75 Å². The standard InChI is InChI=1S/C15H25NO/c1-6-13(12(2)11-16(3)4)14-9-7-8-10-15(14)17-5/h7-10,12-13H,6,11H2,1-5H3/t12-,13+/m0/s1. The van der Waals surface area contributed by atoms with Gasteiger partial charge in [0.25, 0.3) is 0 Å². The zero-order chi connectivity index (χ0) is 12.8. The van der Waals surface area contributed by atoms with Crippen LogP contribution in [0.5, 0.6) is 5.75 Å². The van der Waals surface area contributed by atoms with Crippen LogP contribution in [0.4, 0.5) is 0 Å². The van der Waals surface area contributed by atoms with Crippen LogP contribution in [0.3, 0.4) is 0 Å². The summed E-state index contributed by atoms with van der Waals surface area (Å²) in [4.78, 5) is 2.25. The van der Waals surface area contributed by atoms with Gasteiger partial charge in [0, 0.05) is 6.54 Å². The Hall–Kier alpha value is -1.02. The fourth-order valence-electron chi connectivity index (χ4n) is 2.60. The monoisotopic (exact) mass is 235 g/mol. The first kappa shape index (κ1) is 14.0. The van der Waals surface area contributed by atoms with Crippen molar-refractivity contribution >= 4 is 0 Å². The van der Waals surface area contributed by atoms with Crippen LogP contribution in [-0.4, -0.2) is 32.6 Å². The summed E-state index contributed by atoms with van der Waals surface area (Å²) < 4.78 is 5.47. The summed E-state index contributed by atoms with van der Waals surface area (Å²) in [5.41, 5.74) is 1.34. The molecule has 0 saturated carbocycles. The molecule has 0 fully saturated rings. The quantitative estimate of drug-likeness (QED) is 0.749. The van der Waals surface area contributed by atoms with Gasteiger partial charge in [-0.1, -0.05) is 32.0 Å². The lowest BCUT2D eigenvalue weighted by atomic mass is 9.84. The zero-order valence-electron chi connectivity index (χ0n) is 11.7. The minimum atomic E-state index is 0.563. The summed E-state index contributed by atoms with van der Waals surface area (Å²) in [6, 6.07) is 8.38. The first-order valence-electron chi connectivity index (χ1n) is 6.37. The fourth-order valence-corrected chi connectivity index (χ4v) is 2.60. The lowest BCUT2D eigenvalue weighted by molar-refractivity contribution is 0.296. The van der Waals surface area contributed by atoms with Crippen LogP contribution in [0.25, 0.3) is 0 Å². The minimum Gasteiger partial charge on any atom is -0.496 e. The Kier molecular flexibility index (Phi) is 5.49. The molecule has 0 aromatic heterocycles. The van der Waals surface area contributed by atoms with Crippen LogP contribution < -0.4 is 4.74 Å². The Bertz CT molecular complexity index is 335. The average Bonchev–Trinajstić information content (AvgIpc) is 2.29. The Labute approximate surface area is 106 Å². The molecule has 17 heavy (non-hydrogen) atoms. The van der Waals surface area contributed by atoms with E-state index in [4.69, 9.17) is 4.74 Å².